The Bertz CT molecular complexity index is 548. The summed E-state index contributed by atoms with van der Waals surface area (Å²) >= 11 is 0. The first-order valence-corrected chi connectivity index (χ1v) is 4.41. The maximum atomic E-state index is 10.7. The van der Waals surface area contributed by atoms with Crippen LogP contribution in [0.25, 0.3) is 0 Å². The van der Waals surface area contributed by atoms with Crippen molar-refractivity contribution in [2.75, 3.05) is 5.32 Å². The number of hydrogen-bond acceptors (Lipinski definition) is 5. The van der Waals surface area contributed by atoms with E-state index in [0.717, 1.165) is 12.3 Å². The van der Waals surface area contributed by atoms with Crippen molar-refractivity contribution in [3.8, 4) is 17.9 Å². The summed E-state index contributed by atoms with van der Waals surface area (Å²) in [6, 6.07) is 6.90. The maximum Gasteiger partial charge on any atom is 0.335 e. The minimum absolute atomic E-state index is 0.101. The molecule has 0 heterocycles. The number of phenols is 1. The first kappa shape index (κ1) is 12.1. The van der Waals surface area contributed by atoms with Crippen molar-refractivity contribution in [3.05, 3.63) is 35.5 Å². The van der Waals surface area contributed by atoms with Crippen LogP contribution in [-0.2, 0) is 0 Å². The van der Waals surface area contributed by atoms with Crippen molar-refractivity contribution >= 4 is 11.7 Å². The van der Waals surface area contributed by atoms with Crippen molar-refractivity contribution in [2.45, 2.75) is 0 Å². The van der Waals surface area contributed by atoms with Gasteiger partial charge in [-0.2, -0.15) is 10.5 Å². The first-order valence-electron chi connectivity index (χ1n) is 4.41. The molecule has 17 heavy (non-hydrogen) atoms. The molecule has 0 fully saturated rings. The quantitative estimate of drug-likeness (QED) is 0.675. The molecule has 1 aromatic rings. The van der Waals surface area contributed by atoms with Gasteiger partial charge in [0.05, 0.1) is 5.56 Å². The highest BCUT2D eigenvalue weighted by molar-refractivity contribution is 5.89. The summed E-state index contributed by atoms with van der Waals surface area (Å²) in [6.45, 7) is 0. The fourth-order valence-electron chi connectivity index (χ4n) is 1.06. The van der Waals surface area contributed by atoms with Gasteiger partial charge in [-0.1, -0.05) is 0 Å². The Balaban J connectivity index is 3.02. The first-order chi connectivity index (χ1) is 8.06. The van der Waals surface area contributed by atoms with Crippen LogP contribution in [0.2, 0.25) is 0 Å². The minimum Gasteiger partial charge on any atom is -0.508 e. The Kier molecular flexibility index (Phi) is 3.69. The number of nitrogens with zero attached hydrogens (tertiary/aromatic N) is 2. The Morgan fingerprint density at radius 2 is 1.94 bits per heavy atom. The smallest absolute Gasteiger partial charge is 0.335 e. The van der Waals surface area contributed by atoms with Crippen molar-refractivity contribution in [1.82, 2.24) is 0 Å². The molecule has 3 N–H and O–H groups in total. The summed E-state index contributed by atoms with van der Waals surface area (Å²) in [5.74, 6) is -1.41. The second-order valence-corrected chi connectivity index (χ2v) is 3.00. The van der Waals surface area contributed by atoms with E-state index in [0.29, 0.717) is 0 Å². The molecule has 0 radical (unpaired) electrons. The lowest BCUT2D eigenvalue weighted by Crippen LogP contribution is -1.98. The maximum absolute atomic E-state index is 10.7. The highest BCUT2D eigenvalue weighted by Gasteiger charge is 2.06. The third-order valence-corrected chi connectivity index (χ3v) is 1.79. The van der Waals surface area contributed by atoms with E-state index >= 15 is 0 Å². The lowest BCUT2D eigenvalue weighted by atomic mass is 10.2. The van der Waals surface area contributed by atoms with Crippen LogP contribution in [0.5, 0.6) is 5.75 Å². The molecule has 0 aliphatic carbocycles. The third-order valence-electron chi connectivity index (χ3n) is 1.79. The zero-order valence-electron chi connectivity index (χ0n) is 8.51. The van der Waals surface area contributed by atoms with Gasteiger partial charge in [0.1, 0.15) is 23.5 Å². The lowest BCUT2D eigenvalue weighted by Gasteiger charge is -2.03. The summed E-state index contributed by atoms with van der Waals surface area (Å²) in [7, 11) is 0. The van der Waals surface area contributed by atoms with Gasteiger partial charge in [0, 0.05) is 18.0 Å². The van der Waals surface area contributed by atoms with E-state index in [1.54, 1.807) is 12.1 Å². The van der Waals surface area contributed by atoms with Crippen LogP contribution in [0.15, 0.2) is 30.0 Å². The molecule has 0 spiro atoms. The van der Waals surface area contributed by atoms with Crippen LogP contribution in [0.1, 0.15) is 10.4 Å². The summed E-state index contributed by atoms with van der Waals surface area (Å²) in [4.78, 5) is 10.7. The number of anilines is 1. The highest BCUT2D eigenvalue weighted by Crippen LogP contribution is 2.20. The lowest BCUT2D eigenvalue weighted by molar-refractivity contribution is 0.0696. The molecule has 0 saturated heterocycles. The van der Waals surface area contributed by atoms with E-state index in [-0.39, 0.29) is 22.6 Å². The fourth-order valence-corrected chi connectivity index (χ4v) is 1.06. The number of hydrogen-bond donors (Lipinski definition) is 3. The number of nitrogens with one attached hydrogen (secondary N) is 1. The number of carboxylic acids is 1. The molecule has 6 heteroatoms. The Hall–Kier alpha value is -2.99. The molecule has 0 bridgehead atoms. The molecular formula is C11H7N3O3. The zero-order chi connectivity index (χ0) is 12.8. The second kappa shape index (κ2) is 5.19. The van der Waals surface area contributed by atoms with Crippen LogP contribution in [0.4, 0.5) is 5.69 Å². The normalized spacial score (nSPS) is 8.59. The van der Waals surface area contributed by atoms with Crippen molar-refractivity contribution in [1.29, 1.82) is 10.5 Å². The van der Waals surface area contributed by atoms with Gasteiger partial charge in [-0.05, 0) is 12.1 Å². The van der Waals surface area contributed by atoms with Gasteiger partial charge in [0.25, 0.3) is 0 Å². The predicted molar refractivity (Wildman–Crippen MR) is 58.0 cm³/mol. The number of aromatic carboxylic acids is 1. The standard InChI is InChI=1S/C11H7N3O3/c12-4-7(5-13)6-14-9-1-8(11(16)17)2-10(15)3-9/h1-3,6,14-15H,(H,16,17). The Labute approximate surface area is 96.7 Å². The average molecular weight is 229 g/mol. The number of nitriles is 2. The number of aromatic hydroxyl groups is 1. The van der Waals surface area contributed by atoms with E-state index < -0.39 is 5.97 Å². The Morgan fingerprint density at radius 3 is 2.47 bits per heavy atom. The van der Waals surface area contributed by atoms with Gasteiger partial charge < -0.3 is 15.5 Å². The molecule has 0 aliphatic rings. The van der Waals surface area contributed by atoms with Crippen molar-refractivity contribution in [3.63, 3.8) is 0 Å². The average Bonchev–Trinajstić information content (AvgIpc) is 2.29. The molecule has 6 nitrogen and oxygen atoms in total. The largest absolute Gasteiger partial charge is 0.508 e. The Morgan fingerprint density at radius 1 is 1.29 bits per heavy atom. The van der Waals surface area contributed by atoms with E-state index in [1.165, 1.54) is 12.1 Å². The van der Waals surface area contributed by atoms with Gasteiger partial charge in [0.2, 0.25) is 0 Å². The number of allylic oxidation sites excluding steroid dienone is 1. The molecule has 0 atom stereocenters. The molecule has 0 aliphatic heterocycles. The van der Waals surface area contributed by atoms with E-state index in [1.807, 2.05) is 0 Å². The van der Waals surface area contributed by atoms with Crippen LogP contribution in [0, 0.1) is 22.7 Å². The van der Waals surface area contributed by atoms with E-state index in [2.05, 4.69) is 5.32 Å². The SMILES string of the molecule is N#CC(C#N)=CNc1cc(O)cc(C(=O)O)c1. The van der Waals surface area contributed by atoms with Gasteiger partial charge >= 0.3 is 5.97 Å². The third kappa shape index (κ3) is 3.26. The van der Waals surface area contributed by atoms with Gasteiger partial charge in [0.15, 0.2) is 0 Å². The predicted octanol–water partition coefficient (Wildman–Crippen LogP) is 1.43. The number of phenolic OH excluding ortho intramolecular Hbond substituents is 1. The summed E-state index contributed by atoms with van der Waals surface area (Å²) < 4.78 is 0. The monoisotopic (exact) mass is 229 g/mol. The van der Waals surface area contributed by atoms with Gasteiger partial charge in [-0.25, -0.2) is 4.79 Å². The number of carboxylic acid groups (broad SMARTS) is 1. The van der Waals surface area contributed by atoms with Gasteiger partial charge in [-0.15, -0.1) is 0 Å². The fraction of sp³-hybridized carbons (Fsp3) is 0. The molecule has 0 unspecified atom stereocenters. The molecule has 1 rings (SSSR count). The summed E-state index contributed by atoms with van der Waals surface area (Å²) in [5.41, 5.74) is 0.00647. The molecule has 0 amide bonds. The molecule has 1 aromatic carbocycles. The van der Waals surface area contributed by atoms with Crippen LogP contribution in [0.3, 0.4) is 0 Å². The number of carbonyl (C=O) groups is 1. The molecular weight excluding hydrogens is 222 g/mol. The number of rotatable bonds is 3. The molecule has 0 saturated carbocycles. The molecule has 84 valence electrons. The van der Waals surface area contributed by atoms with Crippen molar-refractivity contribution in [2.24, 2.45) is 0 Å². The number of benzene rings is 1. The minimum atomic E-state index is -1.19. The zero-order valence-corrected chi connectivity index (χ0v) is 8.51. The summed E-state index contributed by atoms with van der Waals surface area (Å²) in [5, 5.41) is 37.5. The van der Waals surface area contributed by atoms with Crippen LogP contribution in [-0.4, -0.2) is 16.2 Å². The van der Waals surface area contributed by atoms with Crippen LogP contribution >= 0.6 is 0 Å². The van der Waals surface area contributed by atoms with E-state index in [9.17, 15) is 9.90 Å². The topological polar surface area (TPSA) is 117 Å². The summed E-state index contributed by atoms with van der Waals surface area (Å²) in [6.07, 6.45) is 1.13. The second-order valence-electron chi connectivity index (χ2n) is 3.00. The molecule has 0 aromatic heterocycles. The van der Waals surface area contributed by atoms with E-state index in [4.69, 9.17) is 15.6 Å². The van der Waals surface area contributed by atoms with Gasteiger partial charge in [-0.3, -0.25) is 0 Å². The highest BCUT2D eigenvalue weighted by atomic mass is 16.4. The van der Waals surface area contributed by atoms with Crippen molar-refractivity contribution < 1.29 is 15.0 Å². The van der Waals surface area contributed by atoms with Crippen LogP contribution < -0.4 is 5.32 Å².